The monoisotopic (exact) mass is 349 g/mol. The van der Waals surface area contributed by atoms with E-state index < -0.39 is 23.0 Å². The van der Waals surface area contributed by atoms with Crippen molar-refractivity contribution in [3.63, 3.8) is 0 Å². The van der Waals surface area contributed by atoms with Crippen LogP contribution in [0.2, 0.25) is 0 Å². The molecule has 2 atom stereocenters. The standard InChI is InChI=1S/C17H17F2N3O3/c1-11(23)21-8-5-13(18)17(21)12-9-16(22(24)25)15(10-14(12)19)20-6-3-2-4-7-20/h2-4,6,9-10,13,17H,5,7-8H2,1H3. The summed E-state index contributed by atoms with van der Waals surface area (Å²) >= 11 is 0. The van der Waals surface area contributed by atoms with Gasteiger partial charge in [0.25, 0.3) is 5.69 Å². The molecule has 2 aliphatic rings. The van der Waals surface area contributed by atoms with Gasteiger partial charge < -0.3 is 9.80 Å². The second kappa shape index (κ2) is 6.62. The number of hydrogen-bond donors (Lipinski definition) is 0. The van der Waals surface area contributed by atoms with Crippen LogP contribution in [0.4, 0.5) is 20.2 Å². The zero-order chi connectivity index (χ0) is 18.1. The number of carbonyl (C=O) groups excluding carboxylic acids is 1. The van der Waals surface area contributed by atoms with Crippen LogP contribution in [0.15, 0.2) is 36.6 Å². The molecule has 3 rings (SSSR count). The Morgan fingerprint density at radius 2 is 2.12 bits per heavy atom. The van der Waals surface area contributed by atoms with Crippen molar-refractivity contribution in [1.82, 2.24) is 4.90 Å². The summed E-state index contributed by atoms with van der Waals surface area (Å²) in [6.07, 6.45) is 5.48. The number of alkyl halides is 1. The molecule has 132 valence electrons. The molecule has 2 unspecified atom stereocenters. The number of nitro benzene ring substituents is 1. The Bertz CT molecular complexity index is 779. The van der Waals surface area contributed by atoms with Crippen LogP contribution in [0.5, 0.6) is 0 Å². The molecule has 0 N–H and O–H groups in total. The smallest absolute Gasteiger partial charge is 0.293 e. The lowest BCUT2D eigenvalue weighted by Gasteiger charge is -2.26. The number of rotatable bonds is 3. The quantitative estimate of drug-likeness (QED) is 0.621. The van der Waals surface area contributed by atoms with E-state index in [1.54, 1.807) is 24.4 Å². The molecule has 1 saturated heterocycles. The minimum Gasteiger partial charge on any atom is -0.339 e. The van der Waals surface area contributed by atoms with Crippen LogP contribution in [-0.4, -0.2) is 35.0 Å². The van der Waals surface area contributed by atoms with E-state index in [0.29, 0.717) is 6.54 Å². The van der Waals surface area contributed by atoms with Gasteiger partial charge in [0, 0.05) is 43.9 Å². The Balaban J connectivity index is 2.08. The number of amides is 1. The average Bonchev–Trinajstić information content (AvgIpc) is 2.97. The van der Waals surface area contributed by atoms with Crippen LogP contribution in [-0.2, 0) is 4.79 Å². The number of hydrogen-bond acceptors (Lipinski definition) is 4. The molecule has 0 bridgehead atoms. The molecule has 0 saturated carbocycles. The minimum atomic E-state index is -1.46. The van der Waals surface area contributed by atoms with Gasteiger partial charge in [-0.3, -0.25) is 14.9 Å². The molecule has 1 fully saturated rings. The van der Waals surface area contributed by atoms with E-state index in [-0.39, 0.29) is 35.8 Å². The van der Waals surface area contributed by atoms with Crippen LogP contribution in [0, 0.1) is 15.9 Å². The Morgan fingerprint density at radius 3 is 2.72 bits per heavy atom. The first-order valence-corrected chi connectivity index (χ1v) is 7.89. The highest BCUT2D eigenvalue weighted by atomic mass is 19.1. The summed E-state index contributed by atoms with van der Waals surface area (Å²) in [4.78, 5) is 25.3. The van der Waals surface area contributed by atoms with Gasteiger partial charge in [-0.2, -0.15) is 0 Å². The zero-order valence-corrected chi connectivity index (χ0v) is 13.6. The molecule has 1 amide bonds. The molecule has 0 aromatic heterocycles. The Labute approximate surface area is 143 Å². The number of likely N-dealkylation sites (tertiary alicyclic amines) is 1. The third-order valence-electron chi connectivity index (χ3n) is 4.46. The maximum Gasteiger partial charge on any atom is 0.293 e. The topological polar surface area (TPSA) is 66.7 Å². The van der Waals surface area contributed by atoms with E-state index >= 15 is 0 Å². The van der Waals surface area contributed by atoms with Gasteiger partial charge in [-0.15, -0.1) is 0 Å². The summed E-state index contributed by atoms with van der Waals surface area (Å²) in [7, 11) is 0. The molecule has 2 aliphatic heterocycles. The van der Waals surface area contributed by atoms with Crippen molar-refractivity contribution in [2.24, 2.45) is 0 Å². The number of allylic oxidation sites excluding steroid dienone is 2. The summed E-state index contributed by atoms with van der Waals surface area (Å²) in [5, 5.41) is 11.5. The Morgan fingerprint density at radius 1 is 1.36 bits per heavy atom. The number of anilines is 1. The van der Waals surface area contributed by atoms with E-state index in [1.165, 1.54) is 16.7 Å². The third kappa shape index (κ3) is 3.11. The molecule has 0 spiro atoms. The first-order valence-electron chi connectivity index (χ1n) is 7.89. The van der Waals surface area contributed by atoms with Gasteiger partial charge in [0.05, 0.1) is 11.0 Å². The summed E-state index contributed by atoms with van der Waals surface area (Å²) < 4.78 is 29.0. The maximum atomic E-state index is 14.7. The van der Waals surface area contributed by atoms with Crippen molar-refractivity contribution < 1.29 is 18.5 Å². The normalized spacial score (nSPS) is 22.5. The van der Waals surface area contributed by atoms with Crippen LogP contribution in [0.25, 0.3) is 0 Å². The lowest BCUT2D eigenvalue weighted by Crippen LogP contribution is -2.31. The van der Waals surface area contributed by atoms with Crippen molar-refractivity contribution >= 4 is 17.3 Å². The third-order valence-corrected chi connectivity index (χ3v) is 4.46. The van der Waals surface area contributed by atoms with Crippen molar-refractivity contribution in [1.29, 1.82) is 0 Å². The van der Waals surface area contributed by atoms with Gasteiger partial charge in [0.15, 0.2) is 0 Å². The molecular formula is C17H17F2N3O3. The number of halogens is 2. The van der Waals surface area contributed by atoms with Crippen molar-refractivity contribution in [3.05, 3.63) is 58.1 Å². The SMILES string of the molecule is CC(=O)N1CCC(F)C1c1cc([N+](=O)[O-])c(N2C=CC=CC2)cc1F. The summed E-state index contributed by atoms with van der Waals surface area (Å²) in [6, 6.07) is 0.956. The molecule has 0 aliphatic carbocycles. The molecule has 0 radical (unpaired) electrons. The van der Waals surface area contributed by atoms with E-state index in [4.69, 9.17) is 0 Å². The summed E-state index contributed by atoms with van der Waals surface area (Å²) in [6.45, 7) is 1.80. The molecule has 8 heteroatoms. The number of benzene rings is 1. The van der Waals surface area contributed by atoms with Crippen molar-refractivity contribution in [2.45, 2.75) is 25.6 Å². The van der Waals surface area contributed by atoms with Gasteiger partial charge in [0.1, 0.15) is 17.7 Å². The van der Waals surface area contributed by atoms with Gasteiger partial charge >= 0.3 is 0 Å². The van der Waals surface area contributed by atoms with Crippen LogP contribution in [0.3, 0.4) is 0 Å². The molecule has 6 nitrogen and oxygen atoms in total. The van der Waals surface area contributed by atoms with Gasteiger partial charge in [-0.25, -0.2) is 8.78 Å². The summed E-state index contributed by atoms with van der Waals surface area (Å²) in [5.74, 6) is -1.15. The predicted molar refractivity (Wildman–Crippen MR) is 88.3 cm³/mol. The van der Waals surface area contributed by atoms with Gasteiger partial charge in [-0.1, -0.05) is 12.2 Å². The second-order valence-electron chi connectivity index (χ2n) is 6.00. The fourth-order valence-electron chi connectivity index (χ4n) is 3.29. The second-order valence-corrected chi connectivity index (χ2v) is 6.00. The van der Waals surface area contributed by atoms with Crippen LogP contribution >= 0.6 is 0 Å². The molecule has 1 aromatic carbocycles. The van der Waals surface area contributed by atoms with Crippen molar-refractivity contribution in [3.8, 4) is 0 Å². The average molecular weight is 349 g/mol. The lowest BCUT2D eigenvalue weighted by atomic mass is 10.00. The Hall–Kier alpha value is -2.77. The molecule has 25 heavy (non-hydrogen) atoms. The first-order chi connectivity index (χ1) is 11.9. The van der Waals surface area contributed by atoms with Gasteiger partial charge in [-0.05, 0) is 12.5 Å². The number of nitrogens with zero attached hydrogens (tertiary/aromatic N) is 3. The van der Waals surface area contributed by atoms with Crippen LogP contribution < -0.4 is 4.90 Å². The lowest BCUT2D eigenvalue weighted by molar-refractivity contribution is -0.384. The van der Waals surface area contributed by atoms with E-state index in [2.05, 4.69) is 0 Å². The Kier molecular flexibility index (Phi) is 4.52. The van der Waals surface area contributed by atoms with E-state index in [9.17, 15) is 23.7 Å². The van der Waals surface area contributed by atoms with Crippen LogP contribution in [0.1, 0.15) is 24.9 Å². The number of nitro groups is 1. The maximum absolute atomic E-state index is 14.7. The van der Waals surface area contributed by atoms with E-state index in [1.807, 2.05) is 0 Å². The minimum absolute atomic E-state index is 0.0822. The largest absolute Gasteiger partial charge is 0.339 e. The summed E-state index contributed by atoms with van der Waals surface area (Å²) in [5.41, 5.74) is -0.388. The highest BCUT2D eigenvalue weighted by molar-refractivity contribution is 5.75. The van der Waals surface area contributed by atoms with E-state index in [0.717, 1.165) is 12.1 Å². The molecular weight excluding hydrogens is 332 g/mol. The highest BCUT2D eigenvalue weighted by Gasteiger charge is 2.40. The molecule has 1 aromatic rings. The fourth-order valence-corrected chi connectivity index (χ4v) is 3.29. The first kappa shape index (κ1) is 17.1. The fraction of sp³-hybridized carbons (Fsp3) is 0.353. The van der Waals surface area contributed by atoms with Crippen molar-refractivity contribution in [2.75, 3.05) is 18.0 Å². The zero-order valence-electron chi connectivity index (χ0n) is 13.6. The number of carbonyl (C=O) groups is 1. The predicted octanol–water partition coefficient (Wildman–Crippen LogP) is 3.26. The highest BCUT2D eigenvalue weighted by Crippen LogP contribution is 2.40. The van der Waals surface area contributed by atoms with Gasteiger partial charge in [0.2, 0.25) is 5.91 Å². The molecule has 2 heterocycles.